The number of halogens is 1. The summed E-state index contributed by atoms with van der Waals surface area (Å²) in [5, 5.41) is 0. The fraction of sp³-hybridized carbons (Fsp3) is 0.412. The number of rotatable bonds is 1. The lowest BCUT2D eigenvalue weighted by atomic mass is 9.83. The van der Waals surface area contributed by atoms with Gasteiger partial charge in [-0.1, -0.05) is 0 Å². The monoisotopic (exact) mass is 299 g/mol. The number of nitrogens with zero attached hydrogens (tertiary/aromatic N) is 3. The molecule has 4 rings (SSSR count). The maximum atomic E-state index is 13.0. The summed E-state index contributed by atoms with van der Waals surface area (Å²) in [4.78, 5) is 18.8. The first kappa shape index (κ1) is 13.6. The zero-order valence-electron chi connectivity index (χ0n) is 12.5. The zero-order chi connectivity index (χ0) is 15.3. The van der Waals surface area contributed by atoms with Gasteiger partial charge in [0.2, 0.25) is 5.95 Å². The molecule has 0 amide bonds. The predicted molar refractivity (Wildman–Crippen MR) is 82.2 cm³/mol. The fourth-order valence-corrected chi connectivity index (χ4v) is 3.94. The Morgan fingerprint density at radius 3 is 2.82 bits per heavy atom. The van der Waals surface area contributed by atoms with E-state index in [4.69, 9.17) is 0 Å². The molecule has 0 N–H and O–H groups in total. The summed E-state index contributed by atoms with van der Waals surface area (Å²) in [7, 11) is 2.14. The second-order valence-electron chi connectivity index (χ2n) is 6.48. The third kappa shape index (κ3) is 2.16. The molecule has 0 radical (unpaired) electrons. The van der Waals surface area contributed by atoms with Gasteiger partial charge in [-0.25, -0.2) is 4.98 Å². The van der Waals surface area contributed by atoms with Crippen LogP contribution in [0.3, 0.4) is 0 Å². The van der Waals surface area contributed by atoms with Crippen molar-refractivity contribution in [2.75, 3.05) is 20.1 Å². The van der Waals surface area contributed by atoms with E-state index in [2.05, 4.69) is 23.0 Å². The average molecular weight is 299 g/mol. The van der Waals surface area contributed by atoms with Gasteiger partial charge in [0, 0.05) is 48.6 Å². The summed E-state index contributed by atoms with van der Waals surface area (Å²) in [6.45, 7) is 2.83. The highest BCUT2D eigenvalue weighted by Gasteiger charge is 2.33. The van der Waals surface area contributed by atoms with Crippen LogP contribution in [0.5, 0.6) is 0 Å². The average Bonchev–Trinajstić information content (AvgIpc) is 2.49. The Bertz CT molecular complexity index is 768. The van der Waals surface area contributed by atoms with E-state index < -0.39 is 5.95 Å². The lowest BCUT2D eigenvalue weighted by Crippen LogP contribution is -2.45. The fourth-order valence-electron chi connectivity index (χ4n) is 3.94. The van der Waals surface area contributed by atoms with Gasteiger partial charge in [0.15, 0.2) is 0 Å². The number of likely N-dealkylation sites (tertiary alicyclic amines) is 1. The van der Waals surface area contributed by atoms with Gasteiger partial charge in [-0.2, -0.15) is 4.39 Å². The smallest absolute Gasteiger partial charge is 0.258 e. The molecule has 0 aliphatic carbocycles. The molecule has 2 bridgehead atoms. The van der Waals surface area contributed by atoms with Crippen LogP contribution in [0.1, 0.15) is 18.0 Å². The third-order valence-corrected chi connectivity index (χ3v) is 4.83. The topological polar surface area (TPSA) is 38.1 Å². The zero-order valence-corrected chi connectivity index (χ0v) is 12.5. The van der Waals surface area contributed by atoms with Crippen LogP contribution in [0.25, 0.3) is 11.1 Å². The molecular formula is C17H18FN3O. The summed E-state index contributed by atoms with van der Waals surface area (Å²) in [5.74, 6) is 0.445. The molecule has 4 heterocycles. The van der Waals surface area contributed by atoms with Gasteiger partial charge in [-0.05, 0) is 43.7 Å². The first-order chi connectivity index (χ1) is 10.6. The first-order valence-corrected chi connectivity index (χ1v) is 7.66. The van der Waals surface area contributed by atoms with E-state index in [9.17, 15) is 9.18 Å². The Morgan fingerprint density at radius 2 is 2.05 bits per heavy atom. The molecule has 2 aliphatic heterocycles. The number of fused-ring (bicyclic) bond motifs is 4. The van der Waals surface area contributed by atoms with Crippen LogP contribution in [0.2, 0.25) is 0 Å². The van der Waals surface area contributed by atoms with E-state index in [0.29, 0.717) is 23.0 Å². The first-order valence-electron chi connectivity index (χ1n) is 7.66. The molecule has 0 spiro atoms. The Labute approximate surface area is 128 Å². The van der Waals surface area contributed by atoms with E-state index in [-0.39, 0.29) is 5.56 Å². The second-order valence-corrected chi connectivity index (χ2v) is 6.48. The Morgan fingerprint density at radius 1 is 1.18 bits per heavy atom. The van der Waals surface area contributed by atoms with Gasteiger partial charge >= 0.3 is 0 Å². The molecule has 1 saturated heterocycles. The van der Waals surface area contributed by atoms with E-state index in [1.165, 1.54) is 18.7 Å². The quantitative estimate of drug-likeness (QED) is 0.757. The highest BCUT2D eigenvalue weighted by Crippen LogP contribution is 2.35. The molecule has 2 atom stereocenters. The number of likely N-dealkylation sites (N-methyl/N-ethyl adjacent to an activating group) is 1. The van der Waals surface area contributed by atoms with Crippen molar-refractivity contribution in [3.05, 3.63) is 52.5 Å². The van der Waals surface area contributed by atoms with E-state index in [1.807, 2.05) is 10.6 Å². The Kier molecular flexibility index (Phi) is 3.11. The van der Waals surface area contributed by atoms with Gasteiger partial charge in [0.25, 0.3) is 5.56 Å². The molecule has 1 fully saturated rings. The molecule has 0 saturated carbocycles. The van der Waals surface area contributed by atoms with E-state index in [0.717, 1.165) is 25.3 Å². The molecule has 5 heteroatoms. The SMILES string of the molecule is CN1CC2CC(C1)c1ccc(-c3ccc(F)nc3)c(=O)n1C2. The van der Waals surface area contributed by atoms with Crippen molar-refractivity contribution in [2.45, 2.75) is 18.9 Å². The minimum Gasteiger partial charge on any atom is -0.311 e. The summed E-state index contributed by atoms with van der Waals surface area (Å²) >= 11 is 0. The number of hydrogen-bond acceptors (Lipinski definition) is 3. The molecule has 0 aromatic carbocycles. The molecule has 22 heavy (non-hydrogen) atoms. The maximum absolute atomic E-state index is 13.0. The van der Waals surface area contributed by atoms with Crippen molar-refractivity contribution < 1.29 is 4.39 Å². The van der Waals surface area contributed by atoms with Crippen molar-refractivity contribution in [1.82, 2.24) is 14.5 Å². The molecule has 2 unspecified atom stereocenters. The van der Waals surface area contributed by atoms with E-state index >= 15 is 0 Å². The van der Waals surface area contributed by atoms with Crippen LogP contribution in [0.4, 0.5) is 4.39 Å². The maximum Gasteiger partial charge on any atom is 0.258 e. The normalized spacial score (nSPS) is 24.1. The van der Waals surface area contributed by atoms with Gasteiger partial charge < -0.3 is 9.47 Å². The van der Waals surface area contributed by atoms with Crippen LogP contribution in [0, 0.1) is 11.9 Å². The van der Waals surface area contributed by atoms with Crippen molar-refractivity contribution in [1.29, 1.82) is 0 Å². The Hall–Kier alpha value is -2.01. The minimum absolute atomic E-state index is 0.0187. The summed E-state index contributed by atoms with van der Waals surface area (Å²) in [6.07, 6.45) is 2.59. The van der Waals surface area contributed by atoms with Crippen LogP contribution >= 0.6 is 0 Å². The van der Waals surface area contributed by atoms with E-state index in [1.54, 1.807) is 6.07 Å². The minimum atomic E-state index is -0.528. The molecule has 2 aliphatic rings. The number of aromatic nitrogens is 2. The highest BCUT2D eigenvalue weighted by atomic mass is 19.1. The number of piperidine rings is 1. The number of pyridine rings is 2. The standard InChI is InChI=1S/C17H18FN3O/c1-20-8-11-6-13(10-20)15-4-3-14(17(22)21(15)9-11)12-2-5-16(18)19-7-12/h2-5,7,11,13H,6,8-10H2,1H3. The third-order valence-electron chi connectivity index (χ3n) is 4.83. The summed E-state index contributed by atoms with van der Waals surface area (Å²) in [5.41, 5.74) is 2.43. The predicted octanol–water partition coefficient (Wildman–Crippen LogP) is 2.10. The highest BCUT2D eigenvalue weighted by molar-refractivity contribution is 5.61. The largest absolute Gasteiger partial charge is 0.311 e. The number of hydrogen-bond donors (Lipinski definition) is 0. The Balaban J connectivity index is 1.81. The lowest BCUT2D eigenvalue weighted by Gasteiger charge is -2.41. The van der Waals surface area contributed by atoms with Gasteiger partial charge in [0.05, 0.1) is 0 Å². The lowest BCUT2D eigenvalue weighted by molar-refractivity contribution is 0.145. The summed E-state index contributed by atoms with van der Waals surface area (Å²) < 4.78 is 14.9. The van der Waals surface area contributed by atoms with Crippen LogP contribution in [-0.4, -0.2) is 34.6 Å². The summed E-state index contributed by atoms with van der Waals surface area (Å²) in [6, 6.07) is 6.82. The van der Waals surface area contributed by atoms with Crippen molar-refractivity contribution in [3.8, 4) is 11.1 Å². The van der Waals surface area contributed by atoms with Crippen LogP contribution in [-0.2, 0) is 6.54 Å². The molecule has 2 aromatic rings. The van der Waals surface area contributed by atoms with Crippen molar-refractivity contribution in [2.24, 2.45) is 5.92 Å². The van der Waals surface area contributed by atoms with Crippen molar-refractivity contribution in [3.63, 3.8) is 0 Å². The van der Waals surface area contributed by atoms with Crippen LogP contribution < -0.4 is 5.56 Å². The van der Waals surface area contributed by atoms with Crippen molar-refractivity contribution >= 4 is 0 Å². The molecular weight excluding hydrogens is 281 g/mol. The molecule has 4 nitrogen and oxygen atoms in total. The molecule has 2 aromatic heterocycles. The molecule has 114 valence electrons. The second kappa shape index (κ2) is 5.02. The van der Waals surface area contributed by atoms with Gasteiger partial charge in [0.1, 0.15) is 0 Å². The van der Waals surface area contributed by atoms with Gasteiger partial charge in [-0.15, -0.1) is 0 Å². The van der Waals surface area contributed by atoms with Crippen LogP contribution in [0.15, 0.2) is 35.3 Å². The van der Waals surface area contributed by atoms with Gasteiger partial charge in [-0.3, -0.25) is 4.79 Å².